The zero-order valence-corrected chi connectivity index (χ0v) is 54.2. The molecule has 0 saturated carbocycles. The number of rotatable bonds is 69. The van der Waals surface area contributed by atoms with Gasteiger partial charge >= 0.3 is 17.9 Å². The van der Waals surface area contributed by atoms with Gasteiger partial charge in [-0.25, -0.2) is 0 Å². The lowest BCUT2D eigenvalue weighted by Crippen LogP contribution is -2.30. The fourth-order valence-corrected chi connectivity index (χ4v) is 11.6. The topological polar surface area (TPSA) is 78.9 Å². The SMILES string of the molecule is CCCCCCCCCCCCCCCCCCCCCCCCCCC(=O)OCC(COC(=O)CCCCCCCCCCCCCCCCCCCC)OC(=O)CCCCCCCCCCCCCCCCCCCCC. The van der Waals surface area contributed by atoms with Crippen molar-refractivity contribution in [2.24, 2.45) is 0 Å². The minimum Gasteiger partial charge on any atom is -0.462 e. The van der Waals surface area contributed by atoms with Gasteiger partial charge in [-0.3, -0.25) is 14.4 Å². The first-order valence-electron chi connectivity index (χ1n) is 36.5. The standard InChI is InChI=1S/C73H142O6/c1-4-7-10-13-16-19-22-25-28-31-34-35-36-37-38-40-42-45-48-51-54-57-60-63-66-72(75)78-69-70(68-77-71(74)65-62-59-56-53-50-47-44-41-33-30-27-24-21-18-15-12-9-6-3)79-73(76)67-64-61-58-55-52-49-46-43-39-32-29-26-23-20-17-14-11-8-5-2/h70H,4-69H2,1-3H3. The van der Waals surface area contributed by atoms with Gasteiger partial charge in [0.1, 0.15) is 13.2 Å². The summed E-state index contributed by atoms with van der Waals surface area (Å²) in [6, 6.07) is 0. The third kappa shape index (κ3) is 67.1. The fraction of sp³-hybridized carbons (Fsp3) is 0.959. The Kier molecular flexibility index (Phi) is 67.5. The van der Waals surface area contributed by atoms with E-state index in [0.29, 0.717) is 19.3 Å². The van der Waals surface area contributed by atoms with Gasteiger partial charge in [0.05, 0.1) is 0 Å². The Hall–Kier alpha value is -1.59. The molecule has 0 amide bonds. The lowest BCUT2D eigenvalue weighted by molar-refractivity contribution is -0.167. The second kappa shape index (κ2) is 68.9. The summed E-state index contributed by atoms with van der Waals surface area (Å²) in [5.74, 6) is -0.815. The number of esters is 3. The van der Waals surface area contributed by atoms with Crippen LogP contribution in [0.1, 0.15) is 432 Å². The molecule has 0 aromatic heterocycles. The number of carbonyl (C=O) groups excluding carboxylic acids is 3. The summed E-state index contributed by atoms with van der Waals surface area (Å²) >= 11 is 0. The van der Waals surface area contributed by atoms with Crippen molar-refractivity contribution in [1.29, 1.82) is 0 Å². The van der Waals surface area contributed by atoms with Crippen molar-refractivity contribution in [1.82, 2.24) is 0 Å². The molecule has 0 aromatic rings. The van der Waals surface area contributed by atoms with E-state index in [2.05, 4.69) is 20.8 Å². The van der Waals surface area contributed by atoms with Gasteiger partial charge in [-0.05, 0) is 19.3 Å². The smallest absolute Gasteiger partial charge is 0.306 e. The Morgan fingerprint density at radius 3 is 0.506 bits per heavy atom. The maximum Gasteiger partial charge on any atom is 0.306 e. The van der Waals surface area contributed by atoms with E-state index >= 15 is 0 Å². The van der Waals surface area contributed by atoms with Crippen LogP contribution in [0.2, 0.25) is 0 Å². The predicted octanol–water partition coefficient (Wildman–Crippen LogP) is 25.0. The van der Waals surface area contributed by atoms with E-state index in [9.17, 15) is 14.4 Å². The molecule has 0 N–H and O–H groups in total. The first-order chi connectivity index (χ1) is 39.0. The lowest BCUT2D eigenvalue weighted by atomic mass is 10.0. The molecule has 1 atom stereocenters. The predicted molar refractivity (Wildman–Crippen MR) is 344 cm³/mol. The maximum absolute atomic E-state index is 13.0. The van der Waals surface area contributed by atoms with Gasteiger partial charge in [-0.15, -0.1) is 0 Å². The van der Waals surface area contributed by atoms with Crippen molar-refractivity contribution >= 4 is 17.9 Å². The summed E-state index contributed by atoms with van der Waals surface area (Å²) in [4.78, 5) is 38.5. The second-order valence-corrected chi connectivity index (χ2v) is 25.2. The summed E-state index contributed by atoms with van der Waals surface area (Å²) in [7, 11) is 0. The van der Waals surface area contributed by atoms with Crippen molar-refractivity contribution in [3.05, 3.63) is 0 Å². The molecule has 0 bridgehead atoms. The number of carbonyl (C=O) groups is 3. The van der Waals surface area contributed by atoms with Gasteiger partial charge in [0.25, 0.3) is 0 Å². The molecule has 0 aliphatic rings. The van der Waals surface area contributed by atoms with Crippen LogP contribution in [0.3, 0.4) is 0 Å². The quantitative estimate of drug-likeness (QED) is 0.0343. The van der Waals surface area contributed by atoms with E-state index in [-0.39, 0.29) is 31.1 Å². The first-order valence-corrected chi connectivity index (χ1v) is 36.5. The zero-order valence-electron chi connectivity index (χ0n) is 54.2. The van der Waals surface area contributed by atoms with E-state index < -0.39 is 6.10 Å². The Morgan fingerprint density at radius 2 is 0.342 bits per heavy atom. The minimum absolute atomic E-state index is 0.0599. The van der Waals surface area contributed by atoms with Crippen LogP contribution in [0.15, 0.2) is 0 Å². The normalized spacial score (nSPS) is 11.9. The van der Waals surface area contributed by atoms with Gasteiger partial charge in [0.2, 0.25) is 0 Å². The van der Waals surface area contributed by atoms with E-state index in [4.69, 9.17) is 14.2 Å². The van der Waals surface area contributed by atoms with Crippen LogP contribution in [-0.4, -0.2) is 37.2 Å². The van der Waals surface area contributed by atoms with Crippen molar-refractivity contribution in [2.75, 3.05) is 13.2 Å². The van der Waals surface area contributed by atoms with Crippen molar-refractivity contribution in [2.45, 2.75) is 438 Å². The average molecular weight is 1120 g/mol. The molecule has 0 aliphatic carbocycles. The highest BCUT2D eigenvalue weighted by Crippen LogP contribution is 2.20. The summed E-state index contributed by atoms with van der Waals surface area (Å²) in [6.45, 7) is 6.76. The van der Waals surface area contributed by atoms with Gasteiger partial charge in [-0.1, -0.05) is 393 Å². The molecule has 0 aliphatic heterocycles. The molecule has 1 unspecified atom stereocenters. The summed E-state index contributed by atoms with van der Waals surface area (Å²) in [5, 5.41) is 0. The van der Waals surface area contributed by atoms with Crippen LogP contribution in [0.4, 0.5) is 0 Å². The number of unbranched alkanes of at least 4 members (excludes halogenated alkanes) is 58. The van der Waals surface area contributed by atoms with Crippen LogP contribution >= 0.6 is 0 Å². The molecule has 0 aromatic carbocycles. The molecular formula is C73H142O6. The molecule has 79 heavy (non-hydrogen) atoms. The van der Waals surface area contributed by atoms with Crippen LogP contribution in [0.5, 0.6) is 0 Å². The van der Waals surface area contributed by atoms with Gasteiger partial charge in [-0.2, -0.15) is 0 Å². The van der Waals surface area contributed by atoms with Gasteiger partial charge < -0.3 is 14.2 Å². The monoisotopic (exact) mass is 1120 g/mol. The third-order valence-electron chi connectivity index (χ3n) is 17.1. The summed E-state index contributed by atoms with van der Waals surface area (Å²) < 4.78 is 17.0. The Bertz CT molecular complexity index is 1190. The molecule has 0 heterocycles. The van der Waals surface area contributed by atoms with E-state index in [1.165, 1.54) is 334 Å². The molecule has 0 rings (SSSR count). The molecule has 0 spiro atoms. The van der Waals surface area contributed by atoms with Crippen LogP contribution < -0.4 is 0 Å². The number of hydrogen-bond donors (Lipinski definition) is 0. The summed E-state index contributed by atoms with van der Waals surface area (Å²) in [6.07, 6.45) is 81.4. The van der Waals surface area contributed by atoms with Gasteiger partial charge in [0.15, 0.2) is 6.10 Å². The lowest BCUT2D eigenvalue weighted by Gasteiger charge is -2.18. The second-order valence-electron chi connectivity index (χ2n) is 25.2. The van der Waals surface area contributed by atoms with E-state index in [1.807, 2.05) is 0 Å². The Morgan fingerprint density at radius 1 is 0.203 bits per heavy atom. The maximum atomic E-state index is 13.0. The molecule has 6 heteroatoms. The average Bonchev–Trinajstić information content (AvgIpc) is 3.45. The van der Waals surface area contributed by atoms with Crippen molar-refractivity contribution in [3.63, 3.8) is 0 Å². The van der Waals surface area contributed by atoms with Crippen LogP contribution in [0, 0.1) is 0 Å². The summed E-state index contributed by atoms with van der Waals surface area (Å²) in [5.41, 5.74) is 0. The molecule has 470 valence electrons. The minimum atomic E-state index is -0.764. The van der Waals surface area contributed by atoms with Crippen molar-refractivity contribution in [3.8, 4) is 0 Å². The molecular weight excluding hydrogens is 973 g/mol. The first kappa shape index (κ1) is 77.4. The largest absolute Gasteiger partial charge is 0.462 e. The van der Waals surface area contributed by atoms with Crippen molar-refractivity contribution < 1.29 is 28.6 Å². The molecule has 0 saturated heterocycles. The van der Waals surface area contributed by atoms with Crippen LogP contribution in [-0.2, 0) is 28.6 Å². The Labute approximate surface area is 495 Å². The highest BCUT2D eigenvalue weighted by Gasteiger charge is 2.20. The van der Waals surface area contributed by atoms with E-state index in [0.717, 1.165) is 57.8 Å². The highest BCUT2D eigenvalue weighted by molar-refractivity contribution is 5.71. The van der Waals surface area contributed by atoms with Gasteiger partial charge in [0, 0.05) is 19.3 Å². The van der Waals surface area contributed by atoms with E-state index in [1.54, 1.807) is 0 Å². The number of hydrogen-bond acceptors (Lipinski definition) is 6. The third-order valence-corrected chi connectivity index (χ3v) is 17.1. The van der Waals surface area contributed by atoms with Crippen LogP contribution in [0.25, 0.3) is 0 Å². The molecule has 0 radical (unpaired) electrons. The highest BCUT2D eigenvalue weighted by atomic mass is 16.6. The zero-order chi connectivity index (χ0) is 57.1. The molecule has 0 fully saturated rings. The fourth-order valence-electron chi connectivity index (χ4n) is 11.6. The molecule has 6 nitrogen and oxygen atoms in total. The number of ether oxygens (including phenoxy) is 3. The Balaban J connectivity index is 4.24.